The fourth-order valence-electron chi connectivity index (χ4n) is 3.47. The second kappa shape index (κ2) is 4.23. The van der Waals surface area contributed by atoms with E-state index in [1.165, 1.54) is 32.7 Å². The Morgan fingerprint density at radius 1 is 0.571 bits per heavy atom. The van der Waals surface area contributed by atoms with Gasteiger partial charge in [0.05, 0.1) is 0 Å². The highest BCUT2D eigenvalue weighted by Gasteiger charge is 2.12. The molecule has 1 nitrogen and oxygen atoms in total. The maximum Gasteiger partial charge on any atom is 0.123 e. The standard InChI is InChI=1S/C20H16O/c1-12-14-6-3-4-7-15(14)13(2)20-16(12)10-11-17-18(20)8-5-9-19(17)21/h3-11,21H,1-2H3. The van der Waals surface area contributed by atoms with E-state index in [4.69, 9.17) is 0 Å². The molecule has 0 heterocycles. The molecule has 0 aromatic heterocycles. The van der Waals surface area contributed by atoms with E-state index in [-0.39, 0.29) is 0 Å². The summed E-state index contributed by atoms with van der Waals surface area (Å²) in [5.74, 6) is 0.347. The second-order valence-electron chi connectivity index (χ2n) is 5.66. The molecule has 0 aliphatic rings. The lowest BCUT2D eigenvalue weighted by atomic mass is 9.90. The van der Waals surface area contributed by atoms with Crippen LogP contribution in [0.3, 0.4) is 0 Å². The number of phenolic OH excluding ortho intramolecular Hbond substituents is 1. The number of hydrogen-bond donors (Lipinski definition) is 1. The molecule has 0 radical (unpaired) electrons. The zero-order valence-corrected chi connectivity index (χ0v) is 12.1. The van der Waals surface area contributed by atoms with Crippen molar-refractivity contribution in [1.82, 2.24) is 0 Å². The molecule has 1 N–H and O–H groups in total. The third kappa shape index (κ3) is 1.58. The van der Waals surface area contributed by atoms with Gasteiger partial charge in [0.15, 0.2) is 0 Å². The molecule has 1 heteroatoms. The summed E-state index contributed by atoms with van der Waals surface area (Å²) < 4.78 is 0. The molecule has 0 atom stereocenters. The van der Waals surface area contributed by atoms with Crippen molar-refractivity contribution >= 4 is 32.3 Å². The Morgan fingerprint density at radius 2 is 1.19 bits per heavy atom. The first-order valence-corrected chi connectivity index (χ1v) is 7.21. The molecule has 0 spiro atoms. The molecular weight excluding hydrogens is 256 g/mol. The Kier molecular flexibility index (Phi) is 2.46. The fraction of sp³-hybridized carbons (Fsp3) is 0.100. The molecular formula is C20H16O. The van der Waals surface area contributed by atoms with Crippen molar-refractivity contribution < 1.29 is 5.11 Å². The number of benzene rings is 4. The molecule has 0 saturated carbocycles. The van der Waals surface area contributed by atoms with E-state index < -0.39 is 0 Å². The van der Waals surface area contributed by atoms with E-state index in [0.29, 0.717) is 5.75 Å². The topological polar surface area (TPSA) is 20.2 Å². The highest BCUT2D eigenvalue weighted by atomic mass is 16.3. The first-order chi connectivity index (χ1) is 10.2. The minimum atomic E-state index is 0.347. The number of fused-ring (bicyclic) bond motifs is 4. The van der Waals surface area contributed by atoms with Crippen LogP contribution in [0.1, 0.15) is 11.1 Å². The van der Waals surface area contributed by atoms with Crippen molar-refractivity contribution in [3.8, 4) is 5.75 Å². The number of phenols is 1. The molecule has 0 aliphatic heterocycles. The van der Waals surface area contributed by atoms with Crippen LogP contribution in [0.2, 0.25) is 0 Å². The molecule has 0 fully saturated rings. The average molecular weight is 272 g/mol. The molecule has 21 heavy (non-hydrogen) atoms. The quantitative estimate of drug-likeness (QED) is 0.332. The third-order valence-corrected chi connectivity index (χ3v) is 4.55. The van der Waals surface area contributed by atoms with Gasteiger partial charge in [0.2, 0.25) is 0 Å². The zero-order valence-electron chi connectivity index (χ0n) is 12.1. The maximum absolute atomic E-state index is 10.1. The lowest BCUT2D eigenvalue weighted by Gasteiger charge is -2.14. The molecule has 4 rings (SSSR count). The number of aryl methyl sites for hydroxylation is 2. The number of aromatic hydroxyl groups is 1. The molecule has 0 saturated heterocycles. The van der Waals surface area contributed by atoms with Gasteiger partial charge in [-0.3, -0.25) is 0 Å². The largest absolute Gasteiger partial charge is 0.507 e. The monoisotopic (exact) mass is 272 g/mol. The lowest BCUT2D eigenvalue weighted by molar-refractivity contribution is 0.481. The van der Waals surface area contributed by atoms with Gasteiger partial charge in [-0.2, -0.15) is 0 Å². The zero-order chi connectivity index (χ0) is 14.6. The summed E-state index contributed by atoms with van der Waals surface area (Å²) in [7, 11) is 0. The van der Waals surface area contributed by atoms with Crippen LogP contribution in [0.25, 0.3) is 32.3 Å². The molecule has 0 bridgehead atoms. The summed E-state index contributed by atoms with van der Waals surface area (Å²) in [6, 6.07) is 18.5. The summed E-state index contributed by atoms with van der Waals surface area (Å²) in [6.45, 7) is 4.35. The van der Waals surface area contributed by atoms with Crippen LogP contribution in [0.15, 0.2) is 54.6 Å². The first-order valence-electron chi connectivity index (χ1n) is 7.21. The van der Waals surface area contributed by atoms with Gasteiger partial charge >= 0.3 is 0 Å². The average Bonchev–Trinajstić information content (AvgIpc) is 2.52. The maximum atomic E-state index is 10.1. The normalized spacial score (nSPS) is 11.5. The smallest absolute Gasteiger partial charge is 0.123 e. The first kappa shape index (κ1) is 12.2. The van der Waals surface area contributed by atoms with Crippen molar-refractivity contribution in [2.75, 3.05) is 0 Å². The number of rotatable bonds is 0. The van der Waals surface area contributed by atoms with E-state index in [1.807, 2.05) is 12.1 Å². The van der Waals surface area contributed by atoms with Crippen LogP contribution < -0.4 is 0 Å². The van der Waals surface area contributed by atoms with E-state index in [0.717, 1.165) is 10.8 Å². The Hall–Kier alpha value is -2.54. The highest BCUT2D eigenvalue weighted by molar-refractivity contribution is 6.17. The van der Waals surface area contributed by atoms with Crippen LogP contribution in [-0.4, -0.2) is 5.11 Å². The lowest BCUT2D eigenvalue weighted by Crippen LogP contribution is -1.89. The van der Waals surface area contributed by atoms with E-state index >= 15 is 0 Å². The number of hydrogen-bond acceptors (Lipinski definition) is 1. The molecule has 102 valence electrons. The van der Waals surface area contributed by atoms with E-state index in [9.17, 15) is 5.11 Å². The predicted octanol–water partition coefficient (Wildman–Crippen LogP) is 5.47. The Balaban J connectivity index is 2.37. The summed E-state index contributed by atoms with van der Waals surface area (Å²) in [6.07, 6.45) is 0. The minimum Gasteiger partial charge on any atom is -0.507 e. The summed E-state index contributed by atoms with van der Waals surface area (Å²) in [5, 5.41) is 17.3. The third-order valence-electron chi connectivity index (χ3n) is 4.55. The summed E-state index contributed by atoms with van der Waals surface area (Å²) in [5.41, 5.74) is 2.58. The van der Waals surface area contributed by atoms with Crippen molar-refractivity contribution in [3.05, 3.63) is 65.7 Å². The van der Waals surface area contributed by atoms with Gasteiger partial charge in [0.1, 0.15) is 5.75 Å². The SMILES string of the molecule is Cc1c2ccccc2c(C)c2c1ccc1c(O)cccc12. The van der Waals surface area contributed by atoms with Crippen LogP contribution >= 0.6 is 0 Å². The molecule has 0 amide bonds. The van der Waals surface area contributed by atoms with Crippen LogP contribution in [0.4, 0.5) is 0 Å². The van der Waals surface area contributed by atoms with Gasteiger partial charge in [-0.15, -0.1) is 0 Å². The molecule has 0 unspecified atom stereocenters. The van der Waals surface area contributed by atoms with Crippen LogP contribution in [-0.2, 0) is 0 Å². The van der Waals surface area contributed by atoms with Crippen molar-refractivity contribution in [3.63, 3.8) is 0 Å². The van der Waals surface area contributed by atoms with Gasteiger partial charge < -0.3 is 5.11 Å². The van der Waals surface area contributed by atoms with Crippen molar-refractivity contribution in [2.45, 2.75) is 13.8 Å². The molecule has 4 aromatic rings. The Bertz CT molecular complexity index is 1010. The van der Waals surface area contributed by atoms with Gasteiger partial charge in [-0.05, 0) is 58.0 Å². The van der Waals surface area contributed by atoms with Gasteiger partial charge in [0.25, 0.3) is 0 Å². The van der Waals surface area contributed by atoms with Crippen molar-refractivity contribution in [1.29, 1.82) is 0 Å². The molecule has 4 aromatic carbocycles. The van der Waals surface area contributed by atoms with Crippen LogP contribution in [0, 0.1) is 13.8 Å². The highest BCUT2D eigenvalue weighted by Crippen LogP contribution is 2.38. The Labute approximate surface area is 123 Å². The van der Waals surface area contributed by atoms with Gasteiger partial charge in [0, 0.05) is 5.39 Å². The summed E-state index contributed by atoms with van der Waals surface area (Å²) in [4.78, 5) is 0. The van der Waals surface area contributed by atoms with Gasteiger partial charge in [-0.1, -0.05) is 48.5 Å². The van der Waals surface area contributed by atoms with Crippen LogP contribution in [0.5, 0.6) is 5.75 Å². The van der Waals surface area contributed by atoms with Gasteiger partial charge in [-0.25, -0.2) is 0 Å². The minimum absolute atomic E-state index is 0.347. The predicted molar refractivity (Wildman–Crippen MR) is 90.1 cm³/mol. The van der Waals surface area contributed by atoms with E-state index in [1.54, 1.807) is 6.07 Å². The summed E-state index contributed by atoms with van der Waals surface area (Å²) >= 11 is 0. The second-order valence-corrected chi connectivity index (χ2v) is 5.66. The Morgan fingerprint density at radius 3 is 1.95 bits per heavy atom. The molecule has 0 aliphatic carbocycles. The fourth-order valence-corrected chi connectivity index (χ4v) is 3.47. The van der Waals surface area contributed by atoms with Crippen molar-refractivity contribution in [2.24, 2.45) is 0 Å². The van der Waals surface area contributed by atoms with E-state index in [2.05, 4.69) is 50.2 Å².